The molecule has 0 aromatic heterocycles. The van der Waals surface area contributed by atoms with Gasteiger partial charge in [0, 0.05) is 6.54 Å². The summed E-state index contributed by atoms with van der Waals surface area (Å²) in [6.07, 6.45) is 1.70. The van der Waals surface area contributed by atoms with Gasteiger partial charge in [-0.2, -0.15) is 5.10 Å². The molecule has 0 aliphatic carbocycles. The summed E-state index contributed by atoms with van der Waals surface area (Å²) in [7, 11) is 1.63. The molecular weight excluding hydrogens is 497 g/mol. The van der Waals surface area contributed by atoms with Crippen LogP contribution in [0.4, 0.5) is 0 Å². The van der Waals surface area contributed by atoms with E-state index in [1.165, 1.54) is 10.8 Å². The van der Waals surface area contributed by atoms with Gasteiger partial charge in [0.05, 0.1) is 16.9 Å². The molecule has 0 aliphatic rings. The molecular formula is C22H22IN3O2S. The number of nitrogens with one attached hydrogen (secondary N) is 2. The fourth-order valence-electron chi connectivity index (χ4n) is 2.80. The Kier molecular flexibility index (Phi) is 7.65. The van der Waals surface area contributed by atoms with Gasteiger partial charge in [-0.05, 0) is 81.8 Å². The highest BCUT2D eigenvalue weighted by Gasteiger charge is 2.12. The Morgan fingerprint density at radius 3 is 2.69 bits per heavy atom. The largest absolute Gasteiger partial charge is 0.493 e. The van der Waals surface area contributed by atoms with Crippen LogP contribution >= 0.6 is 34.8 Å². The van der Waals surface area contributed by atoms with Crippen LogP contribution < -0.4 is 20.2 Å². The molecule has 0 atom stereocenters. The lowest BCUT2D eigenvalue weighted by Gasteiger charge is -2.14. The lowest BCUT2D eigenvalue weighted by molar-refractivity contribution is 0.282. The molecule has 5 nitrogen and oxygen atoms in total. The van der Waals surface area contributed by atoms with E-state index < -0.39 is 0 Å². The van der Waals surface area contributed by atoms with Gasteiger partial charge in [-0.25, -0.2) is 0 Å². The van der Waals surface area contributed by atoms with Gasteiger partial charge in [0.15, 0.2) is 16.6 Å². The molecule has 0 saturated carbocycles. The zero-order valence-corrected chi connectivity index (χ0v) is 19.2. The van der Waals surface area contributed by atoms with Crippen molar-refractivity contribution in [3.8, 4) is 11.5 Å². The third-order valence-corrected chi connectivity index (χ3v) is 5.20. The average molecular weight is 519 g/mol. The van der Waals surface area contributed by atoms with Crippen molar-refractivity contribution < 1.29 is 9.47 Å². The van der Waals surface area contributed by atoms with E-state index in [1.54, 1.807) is 13.3 Å². The molecule has 0 unspecified atom stereocenters. The van der Waals surface area contributed by atoms with E-state index in [2.05, 4.69) is 68.8 Å². The number of halogens is 1. The fraction of sp³-hybridized carbons (Fsp3) is 0.182. The summed E-state index contributed by atoms with van der Waals surface area (Å²) in [5.41, 5.74) is 4.77. The van der Waals surface area contributed by atoms with Crippen LogP contribution in [0.2, 0.25) is 0 Å². The zero-order valence-electron chi connectivity index (χ0n) is 16.2. The first-order valence-electron chi connectivity index (χ1n) is 9.15. The number of thiocarbonyl (C=S) groups is 1. The number of methoxy groups -OCH3 is 1. The van der Waals surface area contributed by atoms with Crippen LogP contribution in [0, 0.1) is 3.57 Å². The molecule has 0 aliphatic heterocycles. The highest BCUT2D eigenvalue weighted by atomic mass is 127. The topological polar surface area (TPSA) is 54.9 Å². The third kappa shape index (κ3) is 5.80. The van der Waals surface area contributed by atoms with Gasteiger partial charge >= 0.3 is 0 Å². The summed E-state index contributed by atoms with van der Waals surface area (Å²) in [4.78, 5) is 0. The van der Waals surface area contributed by atoms with Gasteiger partial charge in [0.1, 0.15) is 6.61 Å². The average Bonchev–Trinajstić information content (AvgIpc) is 2.72. The van der Waals surface area contributed by atoms with E-state index >= 15 is 0 Å². The Balaban J connectivity index is 1.73. The van der Waals surface area contributed by atoms with Crippen molar-refractivity contribution in [3.63, 3.8) is 0 Å². The molecule has 0 fully saturated rings. The number of benzene rings is 3. The number of fused-ring (bicyclic) bond motifs is 1. The maximum absolute atomic E-state index is 6.10. The summed E-state index contributed by atoms with van der Waals surface area (Å²) in [5.74, 6) is 1.38. The Labute approximate surface area is 189 Å². The van der Waals surface area contributed by atoms with Crippen molar-refractivity contribution in [2.45, 2.75) is 13.5 Å². The first kappa shape index (κ1) is 21.3. The Bertz CT molecular complexity index is 1040. The molecule has 7 heteroatoms. The monoisotopic (exact) mass is 519 g/mol. The van der Waals surface area contributed by atoms with Crippen molar-refractivity contribution in [1.29, 1.82) is 0 Å². The van der Waals surface area contributed by atoms with Gasteiger partial charge in [-0.3, -0.25) is 5.43 Å². The van der Waals surface area contributed by atoms with Crippen LogP contribution in [0.25, 0.3) is 10.8 Å². The summed E-state index contributed by atoms with van der Waals surface area (Å²) < 4.78 is 12.6. The molecule has 3 rings (SSSR count). The molecule has 3 aromatic rings. The lowest BCUT2D eigenvalue weighted by atomic mass is 10.1. The van der Waals surface area contributed by atoms with E-state index in [1.807, 2.05) is 31.2 Å². The van der Waals surface area contributed by atoms with E-state index in [4.69, 9.17) is 21.7 Å². The minimum Gasteiger partial charge on any atom is -0.493 e. The van der Waals surface area contributed by atoms with Crippen LogP contribution in [0.15, 0.2) is 59.7 Å². The molecule has 0 spiro atoms. The van der Waals surface area contributed by atoms with Crippen molar-refractivity contribution in [2.24, 2.45) is 5.10 Å². The van der Waals surface area contributed by atoms with Crippen molar-refractivity contribution in [1.82, 2.24) is 10.7 Å². The second-order valence-electron chi connectivity index (χ2n) is 6.23. The molecule has 2 N–H and O–H groups in total. The summed E-state index contributed by atoms with van der Waals surface area (Å²) in [6, 6.07) is 18.5. The number of hydrogen-bond donors (Lipinski definition) is 2. The van der Waals surface area contributed by atoms with Gasteiger partial charge in [-0.15, -0.1) is 0 Å². The fourth-order valence-corrected chi connectivity index (χ4v) is 3.78. The summed E-state index contributed by atoms with van der Waals surface area (Å²) in [5, 5.41) is 10.0. The second-order valence-corrected chi connectivity index (χ2v) is 7.80. The number of hydrogen-bond acceptors (Lipinski definition) is 4. The van der Waals surface area contributed by atoms with Crippen LogP contribution in [-0.2, 0) is 6.61 Å². The normalized spacial score (nSPS) is 10.9. The van der Waals surface area contributed by atoms with E-state index in [0.717, 1.165) is 27.0 Å². The molecule has 0 amide bonds. The molecule has 29 heavy (non-hydrogen) atoms. The van der Waals surface area contributed by atoms with Crippen molar-refractivity contribution in [3.05, 3.63) is 69.3 Å². The van der Waals surface area contributed by atoms with Gasteiger partial charge in [-0.1, -0.05) is 36.4 Å². The lowest BCUT2D eigenvalue weighted by Crippen LogP contribution is -2.31. The summed E-state index contributed by atoms with van der Waals surface area (Å²) >= 11 is 7.34. The SMILES string of the molecule is CCNC(=S)N/N=C\c1cc(I)c(OCc2ccc3ccccc3c2)c(OC)c1. The first-order valence-corrected chi connectivity index (χ1v) is 10.6. The Morgan fingerprint density at radius 2 is 1.93 bits per heavy atom. The van der Waals surface area contributed by atoms with Gasteiger partial charge in [0.2, 0.25) is 0 Å². The maximum atomic E-state index is 6.10. The maximum Gasteiger partial charge on any atom is 0.186 e. The van der Waals surface area contributed by atoms with Crippen LogP contribution in [0.5, 0.6) is 11.5 Å². The zero-order chi connectivity index (χ0) is 20.6. The van der Waals surface area contributed by atoms with Gasteiger partial charge in [0.25, 0.3) is 0 Å². The van der Waals surface area contributed by atoms with Gasteiger partial charge < -0.3 is 14.8 Å². The van der Waals surface area contributed by atoms with Crippen LogP contribution in [0.3, 0.4) is 0 Å². The Hall–Kier alpha value is -2.39. The quantitative estimate of drug-likeness (QED) is 0.202. The standard InChI is InChI=1S/C22H22IN3O2S/c1-3-24-22(29)26-25-13-16-11-19(23)21(20(12-16)27-2)28-14-15-8-9-17-6-4-5-7-18(17)10-15/h4-13H,3,14H2,1-2H3,(H2,24,26,29)/b25-13-. The molecule has 3 aromatic carbocycles. The molecule has 0 saturated heterocycles. The Morgan fingerprint density at radius 1 is 1.14 bits per heavy atom. The van der Waals surface area contributed by atoms with E-state index in [9.17, 15) is 0 Å². The van der Waals surface area contributed by atoms with E-state index in [-0.39, 0.29) is 0 Å². The minimum absolute atomic E-state index is 0.461. The number of ether oxygens (including phenoxy) is 2. The van der Waals surface area contributed by atoms with Crippen LogP contribution in [-0.4, -0.2) is 25.0 Å². The smallest absolute Gasteiger partial charge is 0.186 e. The van der Waals surface area contributed by atoms with E-state index in [0.29, 0.717) is 17.5 Å². The second kappa shape index (κ2) is 10.4. The van der Waals surface area contributed by atoms with Crippen molar-refractivity contribution in [2.75, 3.05) is 13.7 Å². The summed E-state index contributed by atoms with van der Waals surface area (Å²) in [6.45, 7) is 3.18. The molecule has 0 heterocycles. The molecule has 0 radical (unpaired) electrons. The van der Waals surface area contributed by atoms with Crippen molar-refractivity contribution >= 4 is 56.9 Å². The number of hydrazone groups is 1. The molecule has 150 valence electrons. The molecule has 0 bridgehead atoms. The number of rotatable bonds is 7. The predicted molar refractivity (Wildman–Crippen MR) is 131 cm³/mol. The highest BCUT2D eigenvalue weighted by Crippen LogP contribution is 2.34. The number of nitrogens with zero attached hydrogens (tertiary/aromatic N) is 1. The third-order valence-electron chi connectivity index (χ3n) is 4.17. The minimum atomic E-state index is 0.461. The highest BCUT2D eigenvalue weighted by molar-refractivity contribution is 14.1. The predicted octanol–water partition coefficient (Wildman–Crippen LogP) is 4.85. The van der Waals surface area contributed by atoms with Crippen LogP contribution in [0.1, 0.15) is 18.1 Å². The first-order chi connectivity index (χ1) is 14.1.